The summed E-state index contributed by atoms with van der Waals surface area (Å²) in [6.45, 7) is 6.63. The minimum absolute atomic E-state index is 0.0314. The topological polar surface area (TPSA) is 101 Å². The maximum Gasteiger partial charge on any atom is 0.304 e. The number of hydrogen-bond donors (Lipinski definition) is 2. The molecule has 0 amide bonds. The van der Waals surface area contributed by atoms with Crippen molar-refractivity contribution in [2.24, 2.45) is 5.92 Å². The molecule has 2 N–H and O–H groups in total. The van der Waals surface area contributed by atoms with Gasteiger partial charge >= 0.3 is 5.69 Å². The van der Waals surface area contributed by atoms with Gasteiger partial charge < -0.3 is 5.32 Å². The molecule has 0 fully saturated rings. The summed E-state index contributed by atoms with van der Waals surface area (Å²) in [5.41, 5.74) is -0.204. The van der Waals surface area contributed by atoms with E-state index in [-0.39, 0.29) is 20.8 Å². The lowest BCUT2D eigenvalue weighted by Gasteiger charge is -2.12. The van der Waals surface area contributed by atoms with Gasteiger partial charge in [0.2, 0.25) is 10.0 Å². The number of sulfonamides is 1. The van der Waals surface area contributed by atoms with Crippen molar-refractivity contribution in [3.8, 4) is 0 Å². The average molecular weight is 335 g/mol. The number of nitro groups is 1. The summed E-state index contributed by atoms with van der Waals surface area (Å²) in [4.78, 5) is 10.4. The van der Waals surface area contributed by atoms with E-state index in [1.54, 1.807) is 6.92 Å². The van der Waals surface area contributed by atoms with Crippen molar-refractivity contribution < 1.29 is 13.3 Å². The van der Waals surface area contributed by atoms with Crippen LogP contribution in [0.4, 0.5) is 10.7 Å². The Morgan fingerprint density at radius 1 is 1.33 bits per heavy atom. The second kappa shape index (κ2) is 7.71. The second-order valence-electron chi connectivity index (χ2n) is 4.60. The molecule has 1 aromatic heterocycles. The van der Waals surface area contributed by atoms with Crippen LogP contribution in [0.5, 0.6) is 0 Å². The first-order valence-electron chi connectivity index (χ1n) is 6.87. The van der Waals surface area contributed by atoms with Gasteiger partial charge in [-0.25, -0.2) is 13.1 Å². The van der Waals surface area contributed by atoms with Crippen molar-refractivity contribution in [3.05, 3.63) is 16.2 Å². The van der Waals surface area contributed by atoms with Gasteiger partial charge in [-0.05, 0) is 12.8 Å². The second-order valence-corrected chi connectivity index (χ2v) is 7.65. The van der Waals surface area contributed by atoms with Gasteiger partial charge in [-0.15, -0.1) is 0 Å². The van der Waals surface area contributed by atoms with E-state index in [2.05, 4.69) is 10.0 Å². The lowest BCUT2D eigenvalue weighted by atomic mass is 10.0. The van der Waals surface area contributed by atoms with Crippen LogP contribution in [-0.4, -0.2) is 26.4 Å². The molecule has 0 atom stereocenters. The number of nitrogens with one attached hydrogen (secondary N) is 2. The Morgan fingerprint density at radius 2 is 1.95 bits per heavy atom. The molecule has 7 nitrogen and oxygen atoms in total. The summed E-state index contributed by atoms with van der Waals surface area (Å²) in [7, 11) is -3.70. The summed E-state index contributed by atoms with van der Waals surface area (Å²) in [6.07, 6.45) is 1.76. The normalized spacial score (nSPS) is 11.8. The molecule has 0 aliphatic rings. The fraction of sp³-hybridized carbons (Fsp3) is 0.667. The molecule has 0 spiro atoms. The molecular weight excluding hydrogens is 314 g/mol. The minimum atomic E-state index is -3.70. The quantitative estimate of drug-likeness (QED) is 0.534. The molecule has 0 unspecified atom stereocenters. The highest BCUT2D eigenvalue weighted by Crippen LogP contribution is 2.36. The zero-order valence-electron chi connectivity index (χ0n) is 12.4. The third kappa shape index (κ3) is 4.65. The maximum atomic E-state index is 12.2. The molecule has 1 aromatic rings. The Labute approximate surface area is 129 Å². The summed E-state index contributed by atoms with van der Waals surface area (Å²) in [5, 5.41) is 14.0. The van der Waals surface area contributed by atoms with E-state index in [1.165, 1.54) is 0 Å². The van der Waals surface area contributed by atoms with Gasteiger partial charge in [-0.3, -0.25) is 10.1 Å². The minimum Gasteiger partial charge on any atom is -0.372 e. The summed E-state index contributed by atoms with van der Waals surface area (Å²) < 4.78 is 26.9. The molecule has 21 heavy (non-hydrogen) atoms. The Morgan fingerprint density at radius 3 is 2.43 bits per heavy atom. The Kier molecular flexibility index (Phi) is 6.56. The summed E-state index contributed by atoms with van der Waals surface area (Å²) in [6, 6.07) is 1.11. The van der Waals surface area contributed by atoms with Gasteiger partial charge in [0.25, 0.3) is 0 Å². The first kappa shape index (κ1) is 17.9. The molecule has 1 heterocycles. The van der Waals surface area contributed by atoms with Gasteiger partial charge in [0.1, 0.15) is 4.21 Å². The van der Waals surface area contributed by atoms with E-state index in [0.717, 1.165) is 30.2 Å². The molecule has 0 radical (unpaired) electrons. The molecule has 0 aromatic carbocycles. The predicted molar refractivity (Wildman–Crippen MR) is 84.4 cm³/mol. The zero-order chi connectivity index (χ0) is 16.0. The molecular formula is C12H21N3O4S2. The van der Waals surface area contributed by atoms with E-state index in [4.69, 9.17) is 0 Å². The van der Waals surface area contributed by atoms with Crippen LogP contribution in [0.25, 0.3) is 0 Å². The Bertz CT molecular complexity index is 579. The first-order valence-corrected chi connectivity index (χ1v) is 9.17. The molecule has 1 rings (SSSR count). The smallest absolute Gasteiger partial charge is 0.304 e. The van der Waals surface area contributed by atoms with Gasteiger partial charge in [0.05, 0.1) is 4.92 Å². The third-order valence-corrected chi connectivity index (χ3v) is 6.18. The van der Waals surface area contributed by atoms with Crippen LogP contribution in [0, 0.1) is 16.0 Å². The highest BCUT2D eigenvalue weighted by Gasteiger charge is 2.26. The van der Waals surface area contributed by atoms with E-state index in [9.17, 15) is 18.5 Å². The van der Waals surface area contributed by atoms with Crippen LogP contribution in [0.2, 0.25) is 0 Å². The average Bonchev–Trinajstić information content (AvgIpc) is 2.85. The van der Waals surface area contributed by atoms with E-state index in [1.807, 2.05) is 13.8 Å². The fourth-order valence-electron chi connectivity index (χ4n) is 1.79. The molecule has 0 aliphatic heterocycles. The lowest BCUT2D eigenvalue weighted by molar-refractivity contribution is -0.383. The number of rotatable bonds is 9. The van der Waals surface area contributed by atoms with Gasteiger partial charge in [-0.2, -0.15) is 0 Å². The van der Waals surface area contributed by atoms with Crippen molar-refractivity contribution in [3.63, 3.8) is 0 Å². The Hall–Kier alpha value is -1.19. The molecule has 120 valence electrons. The SMILES string of the molecule is CCNc1sc(S(=O)(=O)NCC(CC)CC)cc1[N+](=O)[O-]. The van der Waals surface area contributed by atoms with E-state index >= 15 is 0 Å². The summed E-state index contributed by atoms with van der Waals surface area (Å²) >= 11 is 0.883. The van der Waals surface area contributed by atoms with Crippen molar-refractivity contribution in [1.82, 2.24) is 4.72 Å². The maximum absolute atomic E-state index is 12.2. The standard InChI is InChI=1S/C12H21N3O4S2/c1-4-9(5-2)8-14-21(18,19)11-7-10(15(16)17)12(20-11)13-6-3/h7,9,13-14H,4-6,8H2,1-3H3. The highest BCUT2D eigenvalue weighted by atomic mass is 32.2. The number of nitrogens with zero attached hydrogens (tertiary/aromatic N) is 1. The highest BCUT2D eigenvalue weighted by molar-refractivity contribution is 7.91. The fourth-order valence-corrected chi connectivity index (χ4v) is 4.35. The molecule has 0 saturated heterocycles. The van der Waals surface area contributed by atoms with Crippen LogP contribution in [-0.2, 0) is 10.0 Å². The monoisotopic (exact) mass is 335 g/mol. The molecule has 9 heteroatoms. The van der Waals surface area contributed by atoms with Crippen molar-refractivity contribution in [2.45, 2.75) is 37.8 Å². The lowest BCUT2D eigenvalue weighted by Crippen LogP contribution is -2.28. The predicted octanol–water partition coefficient (Wildman–Crippen LogP) is 2.80. The Balaban J connectivity index is 2.97. The van der Waals surface area contributed by atoms with Gasteiger partial charge in [0.15, 0.2) is 5.00 Å². The van der Waals surface area contributed by atoms with Gasteiger partial charge in [-0.1, -0.05) is 38.0 Å². The van der Waals surface area contributed by atoms with E-state index < -0.39 is 14.9 Å². The third-order valence-electron chi connectivity index (χ3n) is 3.21. The van der Waals surface area contributed by atoms with E-state index in [0.29, 0.717) is 13.1 Å². The van der Waals surface area contributed by atoms with Crippen molar-refractivity contribution in [1.29, 1.82) is 0 Å². The van der Waals surface area contributed by atoms with Crippen LogP contribution in [0.15, 0.2) is 10.3 Å². The van der Waals surface area contributed by atoms with Crippen LogP contribution < -0.4 is 10.0 Å². The number of hydrogen-bond acceptors (Lipinski definition) is 6. The number of anilines is 1. The molecule has 0 saturated carbocycles. The van der Waals surface area contributed by atoms with Gasteiger partial charge in [0, 0.05) is 19.2 Å². The summed E-state index contributed by atoms with van der Waals surface area (Å²) in [5.74, 6) is 0.267. The first-order chi connectivity index (χ1) is 9.85. The molecule has 0 aliphatic carbocycles. The van der Waals surface area contributed by atoms with Crippen molar-refractivity contribution >= 4 is 32.0 Å². The zero-order valence-corrected chi connectivity index (χ0v) is 14.0. The van der Waals surface area contributed by atoms with Crippen LogP contribution in [0.1, 0.15) is 33.6 Å². The van der Waals surface area contributed by atoms with Crippen LogP contribution in [0.3, 0.4) is 0 Å². The number of thiophene rings is 1. The molecule has 0 bridgehead atoms. The largest absolute Gasteiger partial charge is 0.372 e. The van der Waals surface area contributed by atoms with Crippen molar-refractivity contribution in [2.75, 3.05) is 18.4 Å². The van der Waals surface area contributed by atoms with Crippen LogP contribution >= 0.6 is 11.3 Å².